The van der Waals surface area contributed by atoms with Crippen molar-refractivity contribution in [1.82, 2.24) is 0 Å². The van der Waals surface area contributed by atoms with Crippen molar-refractivity contribution >= 4 is 11.6 Å². The maximum Gasteiger partial charge on any atom is 0.248 e. The molecule has 2 aromatic carbocycles. The van der Waals surface area contributed by atoms with E-state index in [4.69, 9.17) is 5.73 Å². The van der Waals surface area contributed by atoms with E-state index in [1.54, 1.807) is 6.07 Å². The summed E-state index contributed by atoms with van der Waals surface area (Å²) in [4.78, 5) is 11.2. The SMILES string of the molecule is Cc1ccc(C2CC(Nc3cccc(C(N)=O)c3)C2)cc1. The van der Waals surface area contributed by atoms with Crippen LogP contribution in [0, 0.1) is 6.92 Å². The summed E-state index contributed by atoms with van der Waals surface area (Å²) in [6.45, 7) is 2.11. The number of amides is 1. The molecule has 2 aromatic rings. The van der Waals surface area contributed by atoms with Crippen molar-refractivity contribution in [2.24, 2.45) is 5.73 Å². The van der Waals surface area contributed by atoms with Gasteiger partial charge >= 0.3 is 0 Å². The molecule has 0 saturated heterocycles. The molecule has 0 aromatic heterocycles. The molecule has 21 heavy (non-hydrogen) atoms. The molecule has 3 nitrogen and oxygen atoms in total. The van der Waals surface area contributed by atoms with Crippen LogP contribution in [0.15, 0.2) is 48.5 Å². The van der Waals surface area contributed by atoms with Crippen molar-refractivity contribution in [2.75, 3.05) is 5.32 Å². The van der Waals surface area contributed by atoms with E-state index in [-0.39, 0.29) is 5.91 Å². The molecule has 0 aliphatic heterocycles. The molecule has 1 aliphatic rings. The Hall–Kier alpha value is -2.29. The molecule has 3 rings (SSSR count). The topological polar surface area (TPSA) is 55.1 Å². The van der Waals surface area contributed by atoms with Crippen LogP contribution in [-0.4, -0.2) is 11.9 Å². The molecule has 3 N–H and O–H groups in total. The second kappa shape index (κ2) is 5.60. The molecule has 0 unspecified atom stereocenters. The highest BCUT2D eigenvalue weighted by atomic mass is 16.1. The largest absolute Gasteiger partial charge is 0.382 e. The molecule has 0 atom stereocenters. The Labute approximate surface area is 125 Å². The molecular formula is C18H20N2O. The van der Waals surface area contributed by atoms with Gasteiger partial charge in [-0.25, -0.2) is 0 Å². The van der Waals surface area contributed by atoms with Gasteiger partial charge in [-0.3, -0.25) is 4.79 Å². The average molecular weight is 280 g/mol. The van der Waals surface area contributed by atoms with Crippen molar-refractivity contribution in [2.45, 2.75) is 31.7 Å². The van der Waals surface area contributed by atoms with E-state index < -0.39 is 0 Å². The molecule has 1 saturated carbocycles. The fourth-order valence-electron chi connectivity index (χ4n) is 2.84. The number of hydrogen-bond acceptors (Lipinski definition) is 2. The maximum absolute atomic E-state index is 11.2. The summed E-state index contributed by atoms with van der Waals surface area (Å²) >= 11 is 0. The highest BCUT2D eigenvalue weighted by Crippen LogP contribution is 2.38. The van der Waals surface area contributed by atoms with Gasteiger partial charge in [-0.1, -0.05) is 35.9 Å². The summed E-state index contributed by atoms with van der Waals surface area (Å²) in [5.74, 6) is 0.257. The highest BCUT2D eigenvalue weighted by Gasteiger charge is 2.30. The minimum absolute atomic E-state index is 0.384. The number of primary amides is 1. The van der Waals surface area contributed by atoms with E-state index in [0.717, 1.165) is 18.5 Å². The summed E-state index contributed by atoms with van der Waals surface area (Å²) in [5, 5.41) is 3.48. The molecule has 1 amide bonds. The summed E-state index contributed by atoms with van der Waals surface area (Å²) in [7, 11) is 0. The van der Waals surface area contributed by atoms with Crippen LogP contribution in [0.3, 0.4) is 0 Å². The van der Waals surface area contributed by atoms with Crippen molar-refractivity contribution in [3.63, 3.8) is 0 Å². The summed E-state index contributed by atoms with van der Waals surface area (Å²) in [6.07, 6.45) is 2.26. The van der Waals surface area contributed by atoms with Crippen LogP contribution >= 0.6 is 0 Å². The molecule has 0 heterocycles. The van der Waals surface area contributed by atoms with Crippen molar-refractivity contribution in [1.29, 1.82) is 0 Å². The first-order chi connectivity index (χ1) is 10.1. The number of nitrogens with one attached hydrogen (secondary N) is 1. The number of rotatable bonds is 4. The monoisotopic (exact) mass is 280 g/mol. The van der Waals surface area contributed by atoms with Crippen LogP contribution in [-0.2, 0) is 0 Å². The lowest BCUT2D eigenvalue weighted by atomic mass is 9.75. The number of carbonyl (C=O) groups is 1. The van der Waals surface area contributed by atoms with Gasteiger partial charge in [0.15, 0.2) is 0 Å². The molecule has 108 valence electrons. The zero-order valence-electron chi connectivity index (χ0n) is 12.2. The summed E-state index contributed by atoms with van der Waals surface area (Å²) in [6, 6.07) is 16.7. The standard InChI is InChI=1S/C18H20N2O/c1-12-5-7-13(8-6-12)15-10-17(11-15)20-16-4-2-3-14(9-16)18(19)21/h2-9,15,17,20H,10-11H2,1H3,(H2,19,21). The molecular weight excluding hydrogens is 260 g/mol. The lowest BCUT2D eigenvalue weighted by molar-refractivity contribution is 0.100. The van der Waals surface area contributed by atoms with Gasteiger partial charge in [0.25, 0.3) is 0 Å². The highest BCUT2D eigenvalue weighted by molar-refractivity contribution is 5.93. The molecule has 0 bridgehead atoms. The fourth-order valence-corrected chi connectivity index (χ4v) is 2.84. The number of nitrogens with two attached hydrogens (primary N) is 1. The molecule has 1 aliphatic carbocycles. The number of hydrogen-bond donors (Lipinski definition) is 2. The third-order valence-electron chi connectivity index (χ3n) is 4.20. The number of anilines is 1. The van der Waals surface area contributed by atoms with Crippen LogP contribution in [0.4, 0.5) is 5.69 Å². The third kappa shape index (κ3) is 3.07. The summed E-state index contributed by atoms with van der Waals surface area (Å²) in [5.41, 5.74) is 9.55. The second-order valence-corrected chi connectivity index (χ2v) is 5.87. The summed E-state index contributed by atoms with van der Waals surface area (Å²) < 4.78 is 0. The van der Waals surface area contributed by atoms with Crippen molar-refractivity contribution in [3.8, 4) is 0 Å². The van der Waals surface area contributed by atoms with E-state index in [0.29, 0.717) is 17.5 Å². The second-order valence-electron chi connectivity index (χ2n) is 5.87. The van der Waals surface area contributed by atoms with E-state index in [2.05, 4.69) is 36.5 Å². The van der Waals surface area contributed by atoms with Crippen LogP contribution in [0.5, 0.6) is 0 Å². The van der Waals surface area contributed by atoms with E-state index in [1.165, 1.54) is 11.1 Å². The quantitative estimate of drug-likeness (QED) is 0.901. The van der Waals surface area contributed by atoms with Gasteiger partial charge < -0.3 is 11.1 Å². The Morgan fingerprint density at radius 3 is 2.52 bits per heavy atom. The average Bonchev–Trinajstić information content (AvgIpc) is 2.44. The third-order valence-corrected chi connectivity index (χ3v) is 4.20. The predicted octanol–water partition coefficient (Wildman–Crippen LogP) is 3.45. The Balaban J connectivity index is 1.58. The first-order valence-electron chi connectivity index (χ1n) is 7.35. The number of aryl methyl sites for hydroxylation is 1. The van der Waals surface area contributed by atoms with Gasteiger partial charge in [-0.05, 0) is 49.4 Å². The Bertz CT molecular complexity index is 643. The van der Waals surface area contributed by atoms with E-state index in [9.17, 15) is 4.79 Å². The lowest BCUT2D eigenvalue weighted by Crippen LogP contribution is -2.34. The Morgan fingerprint density at radius 2 is 1.86 bits per heavy atom. The maximum atomic E-state index is 11.2. The van der Waals surface area contributed by atoms with Gasteiger partial charge in [0, 0.05) is 17.3 Å². The molecule has 0 radical (unpaired) electrons. The van der Waals surface area contributed by atoms with Crippen LogP contribution in [0.25, 0.3) is 0 Å². The zero-order chi connectivity index (χ0) is 14.8. The van der Waals surface area contributed by atoms with Crippen molar-refractivity contribution in [3.05, 3.63) is 65.2 Å². The Morgan fingerprint density at radius 1 is 1.14 bits per heavy atom. The van der Waals surface area contributed by atoms with Gasteiger partial charge in [-0.15, -0.1) is 0 Å². The first kappa shape index (κ1) is 13.7. The van der Waals surface area contributed by atoms with Gasteiger partial charge in [0.2, 0.25) is 5.91 Å². The molecule has 3 heteroatoms. The van der Waals surface area contributed by atoms with Gasteiger partial charge in [0.05, 0.1) is 0 Å². The smallest absolute Gasteiger partial charge is 0.248 e. The fraction of sp³-hybridized carbons (Fsp3) is 0.278. The van der Waals surface area contributed by atoms with Gasteiger partial charge in [0.1, 0.15) is 0 Å². The van der Waals surface area contributed by atoms with E-state index in [1.807, 2.05) is 18.2 Å². The molecule has 0 spiro atoms. The minimum atomic E-state index is -0.384. The first-order valence-corrected chi connectivity index (χ1v) is 7.35. The Kier molecular flexibility index (Phi) is 3.65. The van der Waals surface area contributed by atoms with Crippen molar-refractivity contribution < 1.29 is 4.79 Å². The lowest BCUT2D eigenvalue weighted by Gasteiger charge is -2.37. The normalized spacial score (nSPS) is 20.6. The van der Waals surface area contributed by atoms with Crippen LogP contribution in [0.2, 0.25) is 0 Å². The molecule has 1 fully saturated rings. The number of carbonyl (C=O) groups excluding carboxylic acids is 1. The zero-order valence-corrected chi connectivity index (χ0v) is 12.2. The van der Waals surface area contributed by atoms with Crippen LogP contribution < -0.4 is 11.1 Å². The van der Waals surface area contributed by atoms with E-state index >= 15 is 0 Å². The minimum Gasteiger partial charge on any atom is -0.382 e. The number of benzene rings is 2. The van der Waals surface area contributed by atoms with Gasteiger partial charge in [-0.2, -0.15) is 0 Å². The predicted molar refractivity (Wildman–Crippen MR) is 85.5 cm³/mol. The van der Waals surface area contributed by atoms with Crippen LogP contribution in [0.1, 0.15) is 40.2 Å².